The number of hydrogen-bond acceptors (Lipinski definition) is 4. The summed E-state index contributed by atoms with van der Waals surface area (Å²) in [4.78, 5) is 41.7. The number of nitrogens with zero attached hydrogens (tertiary/aromatic N) is 1. The van der Waals surface area contributed by atoms with Crippen molar-refractivity contribution in [2.75, 3.05) is 11.9 Å². The summed E-state index contributed by atoms with van der Waals surface area (Å²) < 4.78 is 5.39. The van der Waals surface area contributed by atoms with Gasteiger partial charge in [0.05, 0.1) is 0 Å². The van der Waals surface area contributed by atoms with Crippen molar-refractivity contribution in [1.29, 1.82) is 0 Å². The predicted molar refractivity (Wildman–Crippen MR) is 144 cm³/mol. The van der Waals surface area contributed by atoms with E-state index in [1.807, 2.05) is 76.2 Å². The average Bonchev–Trinajstić information content (AvgIpc) is 2.78. The first-order valence-corrected chi connectivity index (χ1v) is 12.2. The molecule has 194 valence electrons. The molecular formula is C29H39N3O4. The van der Waals surface area contributed by atoms with Crippen molar-refractivity contribution in [3.8, 4) is 0 Å². The molecule has 36 heavy (non-hydrogen) atoms. The summed E-state index contributed by atoms with van der Waals surface area (Å²) in [5, 5.41) is 5.74. The zero-order chi connectivity index (χ0) is 27.0. The molecule has 2 N–H and O–H groups in total. The molecule has 0 bridgehead atoms. The van der Waals surface area contributed by atoms with E-state index < -0.39 is 29.7 Å². The third-order valence-electron chi connectivity index (χ3n) is 5.62. The van der Waals surface area contributed by atoms with Crippen LogP contribution in [-0.4, -0.2) is 41.0 Å². The second-order valence-electron chi connectivity index (χ2n) is 10.2. The fraction of sp³-hybridized carbons (Fsp3) is 0.414. The lowest BCUT2D eigenvalue weighted by Crippen LogP contribution is -2.54. The lowest BCUT2D eigenvalue weighted by Gasteiger charge is -2.35. The van der Waals surface area contributed by atoms with E-state index in [0.29, 0.717) is 11.3 Å². The zero-order valence-electron chi connectivity index (χ0n) is 22.4. The molecule has 0 aliphatic heterocycles. The van der Waals surface area contributed by atoms with Gasteiger partial charge in [-0.15, -0.1) is 6.58 Å². The second kappa shape index (κ2) is 12.4. The molecule has 3 amide bonds. The van der Waals surface area contributed by atoms with Gasteiger partial charge in [-0.25, -0.2) is 4.79 Å². The maximum atomic E-state index is 13.9. The molecular weight excluding hydrogens is 454 g/mol. The molecule has 2 aromatic rings. The van der Waals surface area contributed by atoms with Gasteiger partial charge in [0.25, 0.3) is 5.91 Å². The first-order valence-electron chi connectivity index (χ1n) is 12.2. The molecule has 0 aromatic heterocycles. The number of carbonyl (C=O) groups excluding carboxylic acids is 3. The van der Waals surface area contributed by atoms with Gasteiger partial charge in [0.15, 0.2) is 0 Å². The topological polar surface area (TPSA) is 87.7 Å². The largest absolute Gasteiger partial charge is 0.444 e. The fourth-order valence-corrected chi connectivity index (χ4v) is 3.90. The quantitative estimate of drug-likeness (QED) is 0.449. The van der Waals surface area contributed by atoms with E-state index in [-0.39, 0.29) is 18.4 Å². The Labute approximate surface area is 214 Å². The molecule has 0 aliphatic rings. The summed E-state index contributed by atoms with van der Waals surface area (Å²) in [6.45, 7) is 16.7. The van der Waals surface area contributed by atoms with Gasteiger partial charge in [-0.2, -0.15) is 0 Å². The number of nitrogens with one attached hydrogen (secondary N) is 2. The Morgan fingerprint density at radius 3 is 2.08 bits per heavy atom. The smallest absolute Gasteiger partial charge is 0.408 e. The highest BCUT2D eigenvalue weighted by atomic mass is 16.6. The van der Waals surface area contributed by atoms with Gasteiger partial charge >= 0.3 is 6.09 Å². The second-order valence-corrected chi connectivity index (χ2v) is 10.2. The minimum absolute atomic E-state index is 0.109. The minimum Gasteiger partial charge on any atom is -0.444 e. The van der Waals surface area contributed by atoms with Crippen molar-refractivity contribution in [3.05, 3.63) is 77.9 Å². The highest BCUT2D eigenvalue weighted by Crippen LogP contribution is 2.27. The molecule has 7 heteroatoms. The number of hydrogen-bond donors (Lipinski definition) is 2. The van der Waals surface area contributed by atoms with E-state index in [2.05, 4.69) is 17.2 Å². The Balaban J connectivity index is 2.49. The molecule has 2 unspecified atom stereocenters. The molecule has 0 saturated heterocycles. The van der Waals surface area contributed by atoms with Crippen LogP contribution < -0.4 is 10.6 Å². The lowest BCUT2D eigenvalue weighted by atomic mass is 9.98. The molecule has 7 nitrogen and oxygen atoms in total. The van der Waals surface area contributed by atoms with Crippen molar-refractivity contribution in [2.45, 2.75) is 66.2 Å². The van der Waals surface area contributed by atoms with Gasteiger partial charge in [-0.05, 0) is 57.2 Å². The maximum absolute atomic E-state index is 13.9. The highest BCUT2D eigenvalue weighted by Gasteiger charge is 2.37. The summed E-state index contributed by atoms with van der Waals surface area (Å²) >= 11 is 0. The van der Waals surface area contributed by atoms with Crippen LogP contribution in [0.2, 0.25) is 0 Å². The fourth-order valence-electron chi connectivity index (χ4n) is 3.90. The summed E-state index contributed by atoms with van der Waals surface area (Å²) in [5.41, 5.74) is 2.48. The number of para-hydroxylation sites is 1. The number of carbonyl (C=O) groups is 3. The number of alkyl carbamates (subject to hydrolysis) is 1. The highest BCUT2D eigenvalue weighted by molar-refractivity contribution is 6.00. The number of benzene rings is 2. The summed E-state index contributed by atoms with van der Waals surface area (Å²) in [5.74, 6) is -1.01. The van der Waals surface area contributed by atoms with Crippen LogP contribution in [-0.2, 0) is 14.3 Å². The van der Waals surface area contributed by atoms with Crippen LogP contribution in [0.15, 0.2) is 61.2 Å². The summed E-state index contributed by atoms with van der Waals surface area (Å²) in [7, 11) is 0. The summed E-state index contributed by atoms with van der Waals surface area (Å²) in [6.07, 6.45) is 0.884. The Morgan fingerprint density at radius 2 is 1.58 bits per heavy atom. The third-order valence-corrected chi connectivity index (χ3v) is 5.62. The van der Waals surface area contributed by atoms with E-state index in [9.17, 15) is 14.4 Å². The van der Waals surface area contributed by atoms with Crippen LogP contribution in [0.3, 0.4) is 0 Å². The van der Waals surface area contributed by atoms with E-state index in [1.165, 1.54) is 4.90 Å². The Morgan fingerprint density at radius 1 is 1.00 bits per heavy atom. The molecule has 2 atom stereocenters. The molecule has 2 aromatic carbocycles. The van der Waals surface area contributed by atoms with E-state index in [0.717, 1.165) is 11.1 Å². The third kappa shape index (κ3) is 7.70. The number of ether oxygens (including phenoxy) is 1. The van der Waals surface area contributed by atoms with Gasteiger partial charge < -0.3 is 20.3 Å². The van der Waals surface area contributed by atoms with Crippen LogP contribution in [0, 0.1) is 19.8 Å². The molecule has 0 aliphatic carbocycles. The van der Waals surface area contributed by atoms with Crippen molar-refractivity contribution < 1.29 is 19.1 Å². The standard InChI is InChI=1S/C29H39N3O4/c1-9-18-32(27(34)23(19(2)3)31-28(35)36-29(6,7)8)25(22-16-11-10-12-17-22)26(33)30-24-20(4)14-13-15-21(24)5/h9-17,19,23,25H,1,18H2,2-8H3,(H,30,33)(H,31,35). The first kappa shape index (κ1) is 28.6. The number of rotatable bonds is 9. The number of amides is 3. The molecule has 0 heterocycles. The Hall–Kier alpha value is -3.61. The SMILES string of the molecule is C=CCN(C(=O)C(NC(=O)OC(C)(C)C)C(C)C)C(C(=O)Nc1c(C)cccc1C)c1ccccc1. The van der Waals surface area contributed by atoms with Gasteiger partial charge in [0.2, 0.25) is 5.91 Å². The summed E-state index contributed by atoms with van der Waals surface area (Å²) in [6, 6.07) is 13.0. The Bertz CT molecular complexity index is 1050. The molecule has 0 spiro atoms. The normalized spacial score (nSPS) is 12.9. The van der Waals surface area contributed by atoms with Gasteiger partial charge in [0.1, 0.15) is 17.7 Å². The number of aryl methyl sites for hydroxylation is 2. The first-order chi connectivity index (χ1) is 16.9. The number of anilines is 1. The van der Waals surface area contributed by atoms with E-state index in [4.69, 9.17) is 4.74 Å². The predicted octanol–water partition coefficient (Wildman–Crippen LogP) is 5.55. The van der Waals surface area contributed by atoms with Crippen LogP contribution >= 0.6 is 0 Å². The minimum atomic E-state index is -0.947. The molecule has 2 rings (SSSR count). The molecule has 0 fully saturated rings. The van der Waals surface area contributed by atoms with Crippen molar-refractivity contribution in [3.63, 3.8) is 0 Å². The van der Waals surface area contributed by atoms with Crippen molar-refractivity contribution >= 4 is 23.6 Å². The van der Waals surface area contributed by atoms with Crippen molar-refractivity contribution in [2.24, 2.45) is 5.92 Å². The van der Waals surface area contributed by atoms with Crippen LogP contribution in [0.5, 0.6) is 0 Å². The molecule has 0 saturated carbocycles. The monoisotopic (exact) mass is 493 g/mol. The lowest BCUT2D eigenvalue weighted by molar-refractivity contribution is -0.141. The van der Waals surface area contributed by atoms with Gasteiger partial charge in [-0.1, -0.05) is 68.5 Å². The van der Waals surface area contributed by atoms with Gasteiger partial charge in [0, 0.05) is 12.2 Å². The zero-order valence-corrected chi connectivity index (χ0v) is 22.4. The van der Waals surface area contributed by atoms with E-state index in [1.54, 1.807) is 26.8 Å². The van der Waals surface area contributed by atoms with Gasteiger partial charge in [-0.3, -0.25) is 9.59 Å². The van der Waals surface area contributed by atoms with E-state index >= 15 is 0 Å². The average molecular weight is 494 g/mol. The Kier molecular flexibility index (Phi) is 9.84. The van der Waals surface area contributed by atoms with Crippen LogP contribution in [0.1, 0.15) is 57.4 Å². The molecule has 0 radical (unpaired) electrons. The van der Waals surface area contributed by atoms with Crippen molar-refractivity contribution in [1.82, 2.24) is 10.2 Å². The van der Waals surface area contributed by atoms with Crippen LogP contribution in [0.25, 0.3) is 0 Å². The maximum Gasteiger partial charge on any atom is 0.408 e. The van der Waals surface area contributed by atoms with Crippen LogP contribution in [0.4, 0.5) is 10.5 Å².